The molecule has 0 aliphatic heterocycles. The Morgan fingerprint density at radius 1 is 1.45 bits per heavy atom. The van der Waals surface area contributed by atoms with Gasteiger partial charge in [-0.2, -0.15) is 0 Å². The Bertz CT molecular complexity index is 571. The fourth-order valence-corrected chi connectivity index (χ4v) is 3.40. The van der Waals surface area contributed by atoms with Gasteiger partial charge in [0.2, 0.25) is 5.91 Å². The van der Waals surface area contributed by atoms with Gasteiger partial charge in [0.1, 0.15) is 0 Å². The number of rotatable bonds is 4. The normalized spacial score (nSPS) is 18.9. The highest BCUT2D eigenvalue weighted by molar-refractivity contribution is 7.17. The molecule has 1 heterocycles. The van der Waals surface area contributed by atoms with Crippen molar-refractivity contribution < 1.29 is 9.59 Å². The minimum Gasteiger partial charge on any atom is -0.320 e. The number of carbonyl (C=O) groups excluding carboxylic acids is 2. The highest BCUT2D eigenvalue weighted by atomic mass is 35.5. The first kappa shape index (κ1) is 19.1. The highest BCUT2D eigenvalue weighted by Crippen LogP contribution is 2.38. The Balaban J connectivity index is 0.00000242. The summed E-state index contributed by atoms with van der Waals surface area (Å²) in [5.41, 5.74) is 6.65. The van der Waals surface area contributed by atoms with Crippen LogP contribution in [0.25, 0.3) is 0 Å². The van der Waals surface area contributed by atoms with Crippen molar-refractivity contribution in [2.24, 2.45) is 17.1 Å². The predicted octanol–water partition coefficient (Wildman–Crippen LogP) is 3.03. The number of ketones is 1. The summed E-state index contributed by atoms with van der Waals surface area (Å²) < 4.78 is 0. The third-order valence-electron chi connectivity index (χ3n) is 4.03. The molecule has 2 unspecified atom stereocenters. The zero-order valence-corrected chi connectivity index (χ0v) is 15.1. The van der Waals surface area contributed by atoms with Crippen molar-refractivity contribution in [1.82, 2.24) is 4.98 Å². The summed E-state index contributed by atoms with van der Waals surface area (Å²) in [6, 6.07) is -0.553. The Morgan fingerprint density at radius 2 is 2.09 bits per heavy atom. The van der Waals surface area contributed by atoms with Gasteiger partial charge in [0, 0.05) is 6.42 Å². The quantitative estimate of drug-likeness (QED) is 0.878. The smallest absolute Gasteiger partial charge is 0.243 e. The zero-order valence-electron chi connectivity index (χ0n) is 13.4. The lowest BCUT2D eigenvalue weighted by Crippen LogP contribution is -2.40. The molecule has 124 valence electrons. The van der Waals surface area contributed by atoms with E-state index in [0.29, 0.717) is 16.4 Å². The van der Waals surface area contributed by atoms with Crippen molar-refractivity contribution in [2.75, 3.05) is 5.32 Å². The van der Waals surface area contributed by atoms with Gasteiger partial charge in [0.05, 0.1) is 16.6 Å². The number of nitrogens with one attached hydrogen (secondary N) is 1. The Labute approximate surface area is 141 Å². The van der Waals surface area contributed by atoms with E-state index in [1.807, 2.05) is 13.8 Å². The van der Waals surface area contributed by atoms with Crippen LogP contribution >= 0.6 is 23.7 Å². The second-order valence-corrected chi connectivity index (χ2v) is 7.64. The van der Waals surface area contributed by atoms with Crippen LogP contribution in [0.3, 0.4) is 0 Å². The molecular weight excluding hydrogens is 322 g/mol. The summed E-state index contributed by atoms with van der Waals surface area (Å²) in [6.45, 7) is 8.07. The van der Waals surface area contributed by atoms with Crippen LogP contribution < -0.4 is 11.1 Å². The van der Waals surface area contributed by atoms with E-state index in [9.17, 15) is 9.59 Å². The highest BCUT2D eigenvalue weighted by Gasteiger charge is 2.34. The SMILES string of the molecule is CCC(C)C(N)C(=O)Nc1nc2c(s1)C(=O)CC(C)(C)C2.Cl. The lowest BCUT2D eigenvalue weighted by molar-refractivity contribution is -0.118. The van der Waals surface area contributed by atoms with E-state index in [1.54, 1.807) is 0 Å². The number of thiazole rings is 1. The Hall–Kier alpha value is -0.980. The number of halogens is 1. The van der Waals surface area contributed by atoms with E-state index in [-0.39, 0.29) is 35.4 Å². The molecule has 0 radical (unpaired) electrons. The van der Waals surface area contributed by atoms with Gasteiger partial charge in [-0.05, 0) is 17.8 Å². The minimum absolute atomic E-state index is 0. The molecule has 0 aromatic carbocycles. The summed E-state index contributed by atoms with van der Waals surface area (Å²) in [7, 11) is 0. The molecule has 22 heavy (non-hydrogen) atoms. The maximum atomic E-state index is 12.1. The van der Waals surface area contributed by atoms with E-state index in [1.165, 1.54) is 11.3 Å². The van der Waals surface area contributed by atoms with Gasteiger partial charge >= 0.3 is 0 Å². The number of hydrogen-bond acceptors (Lipinski definition) is 5. The van der Waals surface area contributed by atoms with Gasteiger partial charge < -0.3 is 11.1 Å². The molecule has 3 N–H and O–H groups in total. The molecule has 5 nitrogen and oxygen atoms in total. The molecule has 0 spiro atoms. The fourth-order valence-electron chi connectivity index (χ4n) is 2.47. The molecule has 0 bridgehead atoms. The van der Waals surface area contributed by atoms with Crippen molar-refractivity contribution in [3.05, 3.63) is 10.6 Å². The van der Waals surface area contributed by atoms with Gasteiger partial charge in [-0.15, -0.1) is 12.4 Å². The number of anilines is 1. The van der Waals surface area contributed by atoms with E-state index < -0.39 is 6.04 Å². The first-order valence-corrected chi connectivity index (χ1v) is 8.14. The number of aromatic nitrogens is 1. The maximum absolute atomic E-state index is 12.1. The molecule has 0 saturated heterocycles. The van der Waals surface area contributed by atoms with Crippen LogP contribution in [0, 0.1) is 11.3 Å². The van der Waals surface area contributed by atoms with Crippen LogP contribution in [0.15, 0.2) is 0 Å². The molecule has 1 aliphatic rings. The number of nitrogens with zero attached hydrogens (tertiary/aromatic N) is 1. The summed E-state index contributed by atoms with van der Waals surface area (Å²) in [4.78, 5) is 29.3. The molecule has 2 rings (SSSR count). The average Bonchev–Trinajstić information content (AvgIpc) is 2.77. The lowest BCUT2D eigenvalue weighted by Gasteiger charge is -2.26. The van der Waals surface area contributed by atoms with Crippen LogP contribution in [0.4, 0.5) is 5.13 Å². The third kappa shape index (κ3) is 4.06. The first-order valence-electron chi connectivity index (χ1n) is 7.33. The fraction of sp³-hybridized carbons (Fsp3) is 0.667. The molecule has 0 saturated carbocycles. The summed E-state index contributed by atoms with van der Waals surface area (Å²) in [5.74, 6) is -0.00668. The van der Waals surface area contributed by atoms with Crippen molar-refractivity contribution in [3.8, 4) is 0 Å². The zero-order chi connectivity index (χ0) is 15.8. The van der Waals surface area contributed by atoms with Crippen molar-refractivity contribution in [1.29, 1.82) is 0 Å². The van der Waals surface area contributed by atoms with Gasteiger partial charge in [0.15, 0.2) is 10.9 Å². The van der Waals surface area contributed by atoms with Gasteiger partial charge in [-0.3, -0.25) is 9.59 Å². The van der Waals surface area contributed by atoms with Crippen molar-refractivity contribution in [2.45, 2.75) is 53.0 Å². The van der Waals surface area contributed by atoms with Crippen LogP contribution in [0.5, 0.6) is 0 Å². The van der Waals surface area contributed by atoms with E-state index >= 15 is 0 Å². The second-order valence-electron chi connectivity index (χ2n) is 6.64. The summed E-state index contributed by atoms with van der Waals surface area (Å²) in [5, 5.41) is 3.23. The molecular formula is C15H24ClN3O2S. The standard InChI is InChI=1S/C15H23N3O2S.ClH/c1-5-8(2)11(16)13(20)18-14-17-9-6-15(3,4)7-10(19)12(9)21-14;/h8,11H,5-7,16H2,1-4H3,(H,17,18,20);1H. The Kier molecular flexibility index (Phi) is 6.12. The summed E-state index contributed by atoms with van der Waals surface area (Å²) >= 11 is 1.26. The number of fused-ring (bicyclic) bond motifs is 1. The number of nitrogens with two attached hydrogens (primary N) is 1. The molecule has 0 fully saturated rings. The lowest BCUT2D eigenvalue weighted by atomic mass is 9.78. The number of amides is 1. The number of carbonyl (C=O) groups is 2. The average molecular weight is 346 g/mol. The van der Waals surface area contributed by atoms with E-state index in [0.717, 1.165) is 18.5 Å². The first-order chi connectivity index (χ1) is 9.73. The largest absolute Gasteiger partial charge is 0.320 e. The molecule has 1 aliphatic carbocycles. The number of Topliss-reactive ketones (excluding diaryl/α,β-unsaturated/α-hetero) is 1. The van der Waals surface area contributed by atoms with Crippen LogP contribution in [0.1, 0.15) is 55.9 Å². The van der Waals surface area contributed by atoms with E-state index in [2.05, 4.69) is 24.1 Å². The Morgan fingerprint density at radius 3 is 2.68 bits per heavy atom. The molecule has 1 amide bonds. The van der Waals surface area contributed by atoms with Crippen LogP contribution in [-0.2, 0) is 11.2 Å². The van der Waals surface area contributed by atoms with E-state index in [4.69, 9.17) is 5.73 Å². The molecule has 7 heteroatoms. The van der Waals surface area contributed by atoms with Crippen LogP contribution in [-0.4, -0.2) is 22.7 Å². The minimum atomic E-state index is -0.553. The van der Waals surface area contributed by atoms with Crippen molar-refractivity contribution in [3.63, 3.8) is 0 Å². The topological polar surface area (TPSA) is 85.1 Å². The molecule has 2 atom stereocenters. The summed E-state index contributed by atoms with van der Waals surface area (Å²) in [6.07, 6.45) is 2.13. The predicted molar refractivity (Wildman–Crippen MR) is 91.9 cm³/mol. The van der Waals surface area contributed by atoms with Gasteiger partial charge in [0.25, 0.3) is 0 Å². The number of hydrogen-bond donors (Lipinski definition) is 2. The van der Waals surface area contributed by atoms with Gasteiger partial charge in [-0.1, -0.05) is 45.5 Å². The van der Waals surface area contributed by atoms with Crippen LogP contribution in [0.2, 0.25) is 0 Å². The third-order valence-corrected chi connectivity index (χ3v) is 5.08. The molecule has 1 aromatic rings. The van der Waals surface area contributed by atoms with Crippen molar-refractivity contribution >= 4 is 40.6 Å². The second kappa shape index (κ2) is 7.06. The monoisotopic (exact) mass is 345 g/mol. The molecule has 1 aromatic heterocycles. The van der Waals surface area contributed by atoms with Gasteiger partial charge in [-0.25, -0.2) is 4.98 Å². The maximum Gasteiger partial charge on any atom is 0.243 e.